The van der Waals surface area contributed by atoms with Crippen LogP contribution in [0.4, 0.5) is 4.39 Å². The summed E-state index contributed by atoms with van der Waals surface area (Å²) in [5, 5.41) is 0. The first-order chi connectivity index (χ1) is 9.97. The molecule has 0 fully saturated rings. The summed E-state index contributed by atoms with van der Waals surface area (Å²) in [5.41, 5.74) is 6.03. The maximum absolute atomic E-state index is 14.1. The first-order valence-corrected chi connectivity index (χ1v) is 8.90. The van der Waals surface area contributed by atoms with E-state index in [9.17, 15) is 12.8 Å². The molecule has 0 bridgehead atoms. The Kier molecular flexibility index (Phi) is 7.28. The number of halogens is 1. The molecule has 1 rings (SSSR count). The first-order valence-electron chi connectivity index (χ1n) is 7.46. The van der Waals surface area contributed by atoms with E-state index in [1.807, 2.05) is 13.8 Å². The Labute approximate surface area is 127 Å². The summed E-state index contributed by atoms with van der Waals surface area (Å²) in [7, 11) is -3.78. The van der Waals surface area contributed by atoms with Crippen LogP contribution < -0.4 is 5.73 Å². The molecule has 120 valence electrons. The van der Waals surface area contributed by atoms with E-state index in [-0.39, 0.29) is 11.4 Å². The SMILES string of the molecule is CCCCN(CCCC)S(=O)(=O)c1ccc(CN)cc1F. The number of nitrogens with two attached hydrogens (primary N) is 1. The van der Waals surface area contributed by atoms with Gasteiger partial charge in [-0.05, 0) is 30.5 Å². The second-order valence-corrected chi connectivity index (χ2v) is 6.99. The molecule has 1 aromatic rings. The van der Waals surface area contributed by atoms with Crippen LogP contribution in [0.2, 0.25) is 0 Å². The van der Waals surface area contributed by atoms with Gasteiger partial charge in [-0.1, -0.05) is 32.8 Å². The predicted octanol–water partition coefficient (Wildman–Crippen LogP) is 2.88. The fraction of sp³-hybridized carbons (Fsp3) is 0.600. The van der Waals surface area contributed by atoms with E-state index in [0.29, 0.717) is 18.7 Å². The summed E-state index contributed by atoms with van der Waals surface area (Å²) in [6.45, 7) is 5.04. The van der Waals surface area contributed by atoms with E-state index in [2.05, 4.69) is 0 Å². The lowest BCUT2D eigenvalue weighted by Gasteiger charge is -2.22. The van der Waals surface area contributed by atoms with Gasteiger partial charge in [0.2, 0.25) is 10.0 Å². The van der Waals surface area contributed by atoms with Gasteiger partial charge in [-0.15, -0.1) is 0 Å². The van der Waals surface area contributed by atoms with Gasteiger partial charge in [-0.2, -0.15) is 4.31 Å². The van der Waals surface area contributed by atoms with E-state index in [4.69, 9.17) is 5.73 Å². The molecule has 0 aromatic heterocycles. The molecule has 1 aromatic carbocycles. The summed E-state index contributed by atoms with van der Waals surface area (Å²) in [4.78, 5) is -0.257. The third-order valence-electron chi connectivity index (χ3n) is 3.37. The summed E-state index contributed by atoms with van der Waals surface area (Å²) >= 11 is 0. The molecule has 2 N–H and O–H groups in total. The molecule has 0 aliphatic rings. The zero-order chi connectivity index (χ0) is 15.9. The summed E-state index contributed by atoms with van der Waals surface area (Å²) in [6, 6.07) is 4.08. The molecule has 0 unspecified atom stereocenters. The Balaban J connectivity index is 3.08. The number of hydrogen-bond acceptors (Lipinski definition) is 3. The molecule has 4 nitrogen and oxygen atoms in total. The molecule has 0 aliphatic carbocycles. The lowest BCUT2D eigenvalue weighted by molar-refractivity contribution is 0.392. The molecular formula is C15H25FN2O2S. The van der Waals surface area contributed by atoms with E-state index >= 15 is 0 Å². The average Bonchev–Trinajstić information content (AvgIpc) is 2.46. The van der Waals surface area contributed by atoms with Gasteiger partial charge in [0.05, 0.1) is 0 Å². The van der Waals surface area contributed by atoms with Crippen LogP contribution in [0.1, 0.15) is 45.1 Å². The van der Waals surface area contributed by atoms with Crippen LogP contribution in [0.3, 0.4) is 0 Å². The van der Waals surface area contributed by atoms with Gasteiger partial charge >= 0.3 is 0 Å². The van der Waals surface area contributed by atoms with Gasteiger partial charge in [0.25, 0.3) is 0 Å². The van der Waals surface area contributed by atoms with Crippen LogP contribution in [0.25, 0.3) is 0 Å². The highest BCUT2D eigenvalue weighted by molar-refractivity contribution is 7.89. The molecule has 6 heteroatoms. The van der Waals surface area contributed by atoms with Gasteiger partial charge in [0.15, 0.2) is 0 Å². The van der Waals surface area contributed by atoms with E-state index < -0.39 is 15.8 Å². The van der Waals surface area contributed by atoms with Crippen molar-refractivity contribution >= 4 is 10.0 Å². The standard InChI is InChI=1S/C15H25FN2O2S/c1-3-5-9-18(10-6-4-2)21(19,20)15-8-7-13(12-17)11-14(15)16/h7-8,11H,3-6,9-10,12,17H2,1-2H3. The smallest absolute Gasteiger partial charge is 0.245 e. The Morgan fingerprint density at radius 1 is 1.14 bits per heavy atom. The van der Waals surface area contributed by atoms with Crippen LogP contribution in [-0.4, -0.2) is 25.8 Å². The molecule has 21 heavy (non-hydrogen) atoms. The molecule has 0 atom stereocenters. The second kappa shape index (κ2) is 8.46. The van der Waals surface area contributed by atoms with Gasteiger partial charge in [0.1, 0.15) is 10.7 Å². The third kappa shape index (κ3) is 4.76. The Bertz CT molecular complexity index is 539. The molecule has 0 heterocycles. The van der Waals surface area contributed by atoms with Crippen molar-refractivity contribution in [3.63, 3.8) is 0 Å². The highest BCUT2D eigenvalue weighted by Crippen LogP contribution is 2.21. The lowest BCUT2D eigenvalue weighted by Crippen LogP contribution is -2.33. The lowest BCUT2D eigenvalue weighted by atomic mass is 10.2. The van der Waals surface area contributed by atoms with Crippen LogP contribution in [0.5, 0.6) is 0 Å². The predicted molar refractivity (Wildman–Crippen MR) is 82.9 cm³/mol. The highest BCUT2D eigenvalue weighted by Gasteiger charge is 2.26. The molecule has 0 saturated carbocycles. The topological polar surface area (TPSA) is 63.4 Å². The number of hydrogen-bond donors (Lipinski definition) is 1. The van der Waals surface area contributed by atoms with E-state index in [1.54, 1.807) is 6.07 Å². The normalized spacial score (nSPS) is 12.0. The van der Waals surface area contributed by atoms with Gasteiger partial charge in [-0.3, -0.25) is 0 Å². The van der Waals surface area contributed by atoms with Crippen molar-refractivity contribution in [1.82, 2.24) is 4.31 Å². The molecule has 0 aliphatic heterocycles. The van der Waals surface area contributed by atoms with Crippen molar-refractivity contribution in [2.45, 2.75) is 51.0 Å². The highest BCUT2D eigenvalue weighted by atomic mass is 32.2. The second-order valence-electron chi connectivity index (χ2n) is 5.08. The minimum atomic E-state index is -3.78. The van der Waals surface area contributed by atoms with Crippen LogP contribution in [-0.2, 0) is 16.6 Å². The van der Waals surface area contributed by atoms with Crippen molar-refractivity contribution in [2.75, 3.05) is 13.1 Å². The van der Waals surface area contributed by atoms with Crippen molar-refractivity contribution in [2.24, 2.45) is 5.73 Å². The monoisotopic (exact) mass is 316 g/mol. The first kappa shape index (κ1) is 18.1. The van der Waals surface area contributed by atoms with E-state index in [0.717, 1.165) is 25.7 Å². The number of rotatable bonds is 9. The Morgan fingerprint density at radius 2 is 1.71 bits per heavy atom. The van der Waals surface area contributed by atoms with Crippen molar-refractivity contribution < 1.29 is 12.8 Å². The van der Waals surface area contributed by atoms with Gasteiger partial charge in [0, 0.05) is 19.6 Å². The van der Waals surface area contributed by atoms with Crippen LogP contribution in [0, 0.1) is 5.82 Å². The van der Waals surface area contributed by atoms with Crippen molar-refractivity contribution in [3.8, 4) is 0 Å². The summed E-state index contributed by atoms with van der Waals surface area (Å²) in [5.74, 6) is -0.726. The molecule has 0 saturated heterocycles. The largest absolute Gasteiger partial charge is 0.326 e. The van der Waals surface area contributed by atoms with Crippen molar-refractivity contribution in [1.29, 1.82) is 0 Å². The molecular weight excluding hydrogens is 291 g/mol. The molecule has 0 amide bonds. The zero-order valence-electron chi connectivity index (χ0n) is 12.8. The Hall–Kier alpha value is -0.980. The quantitative estimate of drug-likeness (QED) is 0.762. The molecule has 0 radical (unpaired) electrons. The Morgan fingerprint density at radius 3 is 2.14 bits per heavy atom. The van der Waals surface area contributed by atoms with Crippen LogP contribution in [0.15, 0.2) is 23.1 Å². The maximum atomic E-state index is 14.1. The van der Waals surface area contributed by atoms with Gasteiger partial charge < -0.3 is 5.73 Å². The number of sulfonamides is 1. The van der Waals surface area contributed by atoms with Gasteiger partial charge in [-0.25, -0.2) is 12.8 Å². The third-order valence-corrected chi connectivity index (χ3v) is 5.30. The number of benzene rings is 1. The zero-order valence-corrected chi connectivity index (χ0v) is 13.6. The van der Waals surface area contributed by atoms with Crippen LogP contribution >= 0.6 is 0 Å². The van der Waals surface area contributed by atoms with Crippen molar-refractivity contribution in [3.05, 3.63) is 29.6 Å². The summed E-state index contributed by atoms with van der Waals surface area (Å²) in [6.07, 6.45) is 3.33. The fourth-order valence-electron chi connectivity index (χ4n) is 2.04. The maximum Gasteiger partial charge on any atom is 0.245 e. The summed E-state index contributed by atoms with van der Waals surface area (Å²) < 4.78 is 40.7. The minimum absolute atomic E-state index is 0.187. The van der Waals surface area contributed by atoms with E-state index in [1.165, 1.54) is 16.4 Å². The average molecular weight is 316 g/mol. The fourth-order valence-corrected chi connectivity index (χ4v) is 3.60. The minimum Gasteiger partial charge on any atom is -0.326 e. The number of nitrogens with zero attached hydrogens (tertiary/aromatic N) is 1. The number of unbranched alkanes of at least 4 members (excludes halogenated alkanes) is 2. The molecule has 0 spiro atoms.